The SMILES string of the molecule is COC(=O)c1ccc(-c2nc(CN3CCCCC3CCO)co2)cc1. The van der Waals surface area contributed by atoms with Gasteiger partial charge in [-0.3, -0.25) is 4.90 Å². The van der Waals surface area contributed by atoms with Gasteiger partial charge < -0.3 is 14.3 Å². The van der Waals surface area contributed by atoms with Crippen molar-refractivity contribution < 1.29 is 19.1 Å². The van der Waals surface area contributed by atoms with Crippen LogP contribution in [-0.4, -0.2) is 47.3 Å². The van der Waals surface area contributed by atoms with Crippen molar-refractivity contribution in [1.29, 1.82) is 0 Å². The molecular formula is C19H24N2O4. The summed E-state index contributed by atoms with van der Waals surface area (Å²) in [6.07, 6.45) is 6.02. The molecule has 0 spiro atoms. The average Bonchev–Trinajstić information content (AvgIpc) is 3.11. The highest BCUT2D eigenvalue weighted by molar-refractivity contribution is 5.89. The molecule has 1 unspecified atom stereocenters. The molecule has 6 nitrogen and oxygen atoms in total. The minimum atomic E-state index is -0.361. The fourth-order valence-corrected chi connectivity index (χ4v) is 3.33. The Balaban J connectivity index is 1.68. The summed E-state index contributed by atoms with van der Waals surface area (Å²) in [4.78, 5) is 18.4. The number of oxazole rings is 1. The number of aliphatic hydroxyl groups excluding tert-OH is 1. The Bertz CT molecular complexity index is 694. The van der Waals surface area contributed by atoms with E-state index in [-0.39, 0.29) is 12.6 Å². The first-order chi connectivity index (χ1) is 12.2. The van der Waals surface area contributed by atoms with E-state index in [2.05, 4.69) is 9.88 Å². The van der Waals surface area contributed by atoms with Crippen molar-refractivity contribution in [2.75, 3.05) is 20.3 Å². The summed E-state index contributed by atoms with van der Waals surface area (Å²) in [7, 11) is 1.36. The summed E-state index contributed by atoms with van der Waals surface area (Å²) in [6, 6.07) is 7.42. The smallest absolute Gasteiger partial charge is 0.337 e. The third-order valence-electron chi connectivity index (χ3n) is 4.68. The van der Waals surface area contributed by atoms with Gasteiger partial charge in [0.2, 0.25) is 5.89 Å². The summed E-state index contributed by atoms with van der Waals surface area (Å²) in [5.74, 6) is 0.182. The number of likely N-dealkylation sites (tertiary alicyclic amines) is 1. The molecule has 0 bridgehead atoms. The van der Waals surface area contributed by atoms with Crippen LogP contribution in [0.3, 0.4) is 0 Å². The number of aliphatic hydroxyl groups is 1. The molecule has 1 fully saturated rings. The van der Waals surface area contributed by atoms with Gasteiger partial charge in [-0.2, -0.15) is 0 Å². The predicted octanol–water partition coefficient (Wildman–Crippen LogP) is 2.87. The molecule has 0 radical (unpaired) electrons. The first kappa shape index (κ1) is 17.6. The molecule has 0 saturated carbocycles. The quantitative estimate of drug-likeness (QED) is 0.812. The number of hydrogen-bond acceptors (Lipinski definition) is 6. The van der Waals surface area contributed by atoms with Gasteiger partial charge in [0.15, 0.2) is 0 Å². The molecule has 1 aliphatic rings. The lowest BCUT2D eigenvalue weighted by atomic mass is 9.99. The Hall–Kier alpha value is -2.18. The minimum absolute atomic E-state index is 0.220. The molecule has 1 aromatic carbocycles. The van der Waals surface area contributed by atoms with Gasteiger partial charge in [0, 0.05) is 24.8 Å². The Morgan fingerprint density at radius 2 is 2.16 bits per heavy atom. The van der Waals surface area contributed by atoms with Crippen molar-refractivity contribution in [3.63, 3.8) is 0 Å². The molecule has 1 atom stereocenters. The lowest BCUT2D eigenvalue weighted by molar-refractivity contribution is 0.0600. The number of hydrogen-bond donors (Lipinski definition) is 1. The highest BCUT2D eigenvalue weighted by Crippen LogP contribution is 2.24. The second-order valence-corrected chi connectivity index (χ2v) is 6.35. The Morgan fingerprint density at radius 1 is 1.36 bits per heavy atom. The van der Waals surface area contributed by atoms with Crippen molar-refractivity contribution >= 4 is 5.97 Å². The topological polar surface area (TPSA) is 75.8 Å². The Labute approximate surface area is 147 Å². The second kappa shape index (κ2) is 8.27. The molecule has 25 heavy (non-hydrogen) atoms. The lowest BCUT2D eigenvalue weighted by Gasteiger charge is -2.34. The van der Waals surface area contributed by atoms with E-state index in [1.165, 1.54) is 20.0 Å². The van der Waals surface area contributed by atoms with Gasteiger partial charge in [-0.15, -0.1) is 0 Å². The average molecular weight is 344 g/mol. The summed E-state index contributed by atoms with van der Waals surface area (Å²) in [5.41, 5.74) is 2.21. The number of rotatable bonds is 6. The summed E-state index contributed by atoms with van der Waals surface area (Å²) in [6.45, 7) is 1.98. The Kier molecular flexibility index (Phi) is 5.83. The monoisotopic (exact) mass is 344 g/mol. The normalized spacial score (nSPS) is 18.2. The number of methoxy groups -OCH3 is 1. The first-order valence-corrected chi connectivity index (χ1v) is 8.69. The van der Waals surface area contributed by atoms with Crippen LogP contribution in [0.25, 0.3) is 11.5 Å². The number of esters is 1. The maximum Gasteiger partial charge on any atom is 0.337 e. The summed E-state index contributed by atoms with van der Waals surface area (Å²) < 4.78 is 10.3. The molecule has 0 amide bonds. The molecule has 0 aliphatic carbocycles. The van der Waals surface area contributed by atoms with E-state index < -0.39 is 0 Å². The second-order valence-electron chi connectivity index (χ2n) is 6.35. The van der Waals surface area contributed by atoms with Crippen LogP contribution in [0.4, 0.5) is 0 Å². The van der Waals surface area contributed by atoms with Crippen LogP contribution < -0.4 is 0 Å². The van der Waals surface area contributed by atoms with Crippen LogP contribution >= 0.6 is 0 Å². The van der Waals surface area contributed by atoms with Gasteiger partial charge in [0.25, 0.3) is 0 Å². The zero-order chi connectivity index (χ0) is 17.6. The Morgan fingerprint density at radius 3 is 2.88 bits per heavy atom. The van der Waals surface area contributed by atoms with Gasteiger partial charge in [-0.25, -0.2) is 9.78 Å². The first-order valence-electron chi connectivity index (χ1n) is 8.69. The fourth-order valence-electron chi connectivity index (χ4n) is 3.33. The highest BCUT2D eigenvalue weighted by atomic mass is 16.5. The van der Waals surface area contributed by atoms with Crippen LogP contribution in [0, 0.1) is 0 Å². The molecule has 2 heterocycles. The molecule has 1 N–H and O–H groups in total. The zero-order valence-electron chi connectivity index (χ0n) is 14.5. The van der Waals surface area contributed by atoms with Crippen LogP contribution in [0.15, 0.2) is 34.9 Å². The number of ether oxygens (including phenoxy) is 1. The maximum atomic E-state index is 11.5. The van der Waals surface area contributed by atoms with Crippen LogP contribution in [0.5, 0.6) is 0 Å². The van der Waals surface area contributed by atoms with Gasteiger partial charge in [0.05, 0.1) is 18.4 Å². The molecule has 3 rings (SSSR count). The number of piperidine rings is 1. The number of nitrogens with zero attached hydrogens (tertiary/aromatic N) is 2. The molecule has 6 heteroatoms. The number of aromatic nitrogens is 1. The molecular weight excluding hydrogens is 320 g/mol. The molecule has 134 valence electrons. The van der Waals surface area contributed by atoms with Crippen molar-refractivity contribution in [1.82, 2.24) is 9.88 Å². The van der Waals surface area contributed by atoms with Crippen molar-refractivity contribution in [2.24, 2.45) is 0 Å². The predicted molar refractivity (Wildman–Crippen MR) is 93.0 cm³/mol. The van der Waals surface area contributed by atoms with Crippen LogP contribution in [-0.2, 0) is 11.3 Å². The van der Waals surface area contributed by atoms with E-state index >= 15 is 0 Å². The molecule has 2 aromatic rings. The van der Waals surface area contributed by atoms with Crippen LogP contribution in [0.1, 0.15) is 41.7 Å². The molecule has 1 saturated heterocycles. The largest absolute Gasteiger partial charge is 0.465 e. The summed E-state index contributed by atoms with van der Waals surface area (Å²) >= 11 is 0. The number of carbonyl (C=O) groups excluding carboxylic acids is 1. The van der Waals surface area contributed by atoms with Crippen molar-refractivity contribution in [2.45, 2.75) is 38.3 Å². The number of carbonyl (C=O) groups is 1. The highest BCUT2D eigenvalue weighted by Gasteiger charge is 2.23. The fraction of sp³-hybridized carbons (Fsp3) is 0.474. The maximum absolute atomic E-state index is 11.5. The van der Waals surface area contributed by atoms with E-state index in [0.717, 1.165) is 37.2 Å². The van der Waals surface area contributed by atoms with E-state index in [1.807, 2.05) is 0 Å². The van der Waals surface area contributed by atoms with E-state index in [0.29, 0.717) is 17.5 Å². The van der Waals surface area contributed by atoms with Gasteiger partial charge >= 0.3 is 5.97 Å². The van der Waals surface area contributed by atoms with E-state index in [4.69, 9.17) is 9.15 Å². The third-order valence-corrected chi connectivity index (χ3v) is 4.68. The van der Waals surface area contributed by atoms with E-state index in [9.17, 15) is 9.90 Å². The van der Waals surface area contributed by atoms with Gasteiger partial charge in [-0.1, -0.05) is 6.42 Å². The van der Waals surface area contributed by atoms with Crippen molar-refractivity contribution in [3.05, 3.63) is 41.8 Å². The summed E-state index contributed by atoms with van der Waals surface area (Å²) in [5, 5.41) is 9.24. The lowest BCUT2D eigenvalue weighted by Crippen LogP contribution is -2.39. The molecule has 1 aliphatic heterocycles. The third kappa shape index (κ3) is 4.27. The molecule has 1 aromatic heterocycles. The minimum Gasteiger partial charge on any atom is -0.465 e. The van der Waals surface area contributed by atoms with Gasteiger partial charge in [-0.05, 0) is 50.1 Å². The zero-order valence-corrected chi connectivity index (χ0v) is 14.5. The number of benzene rings is 1. The van der Waals surface area contributed by atoms with Crippen molar-refractivity contribution in [3.8, 4) is 11.5 Å². The van der Waals surface area contributed by atoms with E-state index in [1.54, 1.807) is 30.5 Å². The van der Waals surface area contributed by atoms with Crippen LogP contribution in [0.2, 0.25) is 0 Å². The van der Waals surface area contributed by atoms with Gasteiger partial charge in [0.1, 0.15) is 6.26 Å². The standard InChI is InChI=1S/C19H24N2O4/c1-24-19(23)15-7-5-14(6-8-15)18-20-16(13-25-18)12-21-10-3-2-4-17(21)9-11-22/h5-8,13,17,22H,2-4,9-12H2,1H3.